The van der Waals surface area contributed by atoms with Crippen molar-refractivity contribution in [3.05, 3.63) is 36.0 Å². The van der Waals surface area contributed by atoms with Crippen molar-refractivity contribution in [1.82, 2.24) is 19.7 Å². The summed E-state index contributed by atoms with van der Waals surface area (Å²) in [5, 5.41) is 7.71. The fraction of sp³-hybridized carbons (Fsp3) is 0.462. The van der Waals surface area contributed by atoms with Gasteiger partial charge in [-0.3, -0.25) is 0 Å². The molecule has 2 aromatic heterocycles. The van der Waals surface area contributed by atoms with Gasteiger partial charge in [0.15, 0.2) is 5.82 Å². The van der Waals surface area contributed by atoms with Crippen molar-refractivity contribution in [3.63, 3.8) is 0 Å². The monoisotopic (exact) mass is 315 g/mol. The van der Waals surface area contributed by atoms with Crippen molar-refractivity contribution in [3.8, 4) is 0 Å². The molecule has 0 amide bonds. The van der Waals surface area contributed by atoms with Crippen molar-refractivity contribution in [2.24, 2.45) is 0 Å². The van der Waals surface area contributed by atoms with Gasteiger partial charge >= 0.3 is 6.18 Å². The molecule has 0 aliphatic rings. The summed E-state index contributed by atoms with van der Waals surface area (Å²) in [6, 6.07) is 2.27. The summed E-state index contributed by atoms with van der Waals surface area (Å²) >= 11 is 0. The quantitative estimate of drug-likeness (QED) is 0.816. The van der Waals surface area contributed by atoms with E-state index < -0.39 is 11.7 Å². The second kappa shape index (κ2) is 6.73. The molecule has 0 atom stereocenters. The molecule has 0 aromatic carbocycles. The van der Waals surface area contributed by atoms with E-state index in [1.165, 1.54) is 30.5 Å². The van der Waals surface area contributed by atoms with Crippen LogP contribution in [0.3, 0.4) is 0 Å². The fourth-order valence-electron chi connectivity index (χ4n) is 1.99. The van der Waals surface area contributed by atoms with Gasteiger partial charge in [-0.15, -0.1) is 10.2 Å². The lowest BCUT2D eigenvalue weighted by Gasteiger charge is -2.21. The third-order valence-electron chi connectivity index (χ3n) is 3.06. The minimum Gasteiger partial charge on any atom is -0.383 e. The van der Waals surface area contributed by atoms with Crippen molar-refractivity contribution < 1.29 is 17.9 Å². The number of nitrogens with zero attached hydrogens (tertiary/aromatic N) is 5. The number of alkyl halides is 3. The molecule has 0 radical (unpaired) electrons. The molecule has 2 aromatic rings. The van der Waals surface area contributed by atoms with E-state index >= 15 is 0 Å². The molecule has 6 nitrogen and oxygen atoms in total. The molecule has 0 saturated heterocycles. The Morgan fingerprint density at radius 3 is 2.82 bits per heavy atom. The number of anilines is 1. The van der Waals surface area contributed by atoms with E-state index in [1.54, 1.807) is 11.7 Å². The summed E-state index contributed by atoms with van der Waals surface area (Å²) in [6.07, 6.45) is -1.61. The maximum atomic E-state index is 13.0. The standard InChI is InChI=1S/C13H16F3N5O/c1-20(8-11-19-18-9-21(11)6-7-22-2)12-10(13(14,15)16)4-3-5-17-12/h3-5,9H,6-8H2,1-2H3. The Bertz CT molecular complexity index is 614. The molecule has 2 rings (SSSR count). The highest BCUT2D eigenvalue weighted by molar-refractivity contribution is 5.47. The Morgan fingerprint density at radius 1 is 1.36 bits per heavy atom. The Kier molecular flexibility index (Phi) is 4.96. The normalized spacial score (nSPS) is 11.7. The molecule has 0 saturated carbocycles. The minimum absolute atomic E-state index is 0.142. The van der Waals surface area contributed by atoms with Crippen LogP contribution in [0, 0.1) is 0 Å². The predicted octanol–water partition coefficient (Wildman–Crippen LogP) is 1.97. The van der Waals surface area contributed by atoms with Crippen LogP contribution in [-0.2, 0) is 24.0 Å². The van der Waals surface area contributed by atoms with Crippen LogP contribution in [-0.4, -0.2) is 40.5 Å². The molecule has 0 N–H and O–H groups in total. The average molecular weight is 315 g/mol. The molecule has 0 fully saturated rings. The number of halogens is 3. The van der Waals surface area contributed by atoms with Crippen LogP contribution in [0.25, 0.3) is 0 Å². The van der Waals surface area contributed by atoms with Gasteiger partial charge in [-0.05, 0) is 12.1 Å². The van der Waals surface area contributed by atoms with Crippen LogP contribution in [0.4, 0.5) is 19.0 Å². The molecule has 2 heterocycles. The predicted molar refractivity (Wildman–Crippen MR) is 73.2 cm³/mol. The summed E-state index contributed by atoms with van der Waals surface area (Å²) in [6.45, 7) is 1.15. The number of aromatic nitrogens is 4. The first-order valence-corrected chi connectivity index (χ1v) is 6.52. The third-order valence-corrected chi connectivity index (χ3v) is 3.06. The zero-order valence-electron chi connectivity index (χ0n) is 12.2. The molecule has 0 spiro atoms. The van der Waals surface area contributed by atoms with E-state index in [-0.39, 0.29) is 12.4 Å². The number of pyridine rings is 1. The van der Waals surface area contributed by atoms with E-state index in [0.717, 1.165) is 6.07 Å². The van der Waals surface area contributed by atoms with Crippen molar-refractivity contribution in [2.75, 3.05) is 25.7 Å². The molecule has 0 unspecified atom stereocenters. The molecule has 0 bridgehead atoms. The van der Waals surface area contributed by atoms with Crippen LogP contribution < -0.4 is 4.90 Å². The van der Waals surface area contributed by atoms with E-state index in [0.29, 0.717) is 19.0 Å². The molecular formula is C13H16F3N5O. The first-order chi connectivity index (χ1) is 10.4. The lowest BCUT2D eigenvalue weighted by Crippen LogP contribution is -2.24. The van der Waals surface area contributed by atoms with Gasteiger partial charge in [0, 0.05) is 26.9 Å². The summed E-state index contributed by atoms with van der Waals surface area (Å²) < 4.78 is 45.8. The lowest BCUT2D eigenvalue weighted by molar-refractivity contribution is -0.137. The average Bonchev–Trinajstić information content (AvgIpc) is 2.91. The highest BCUT2D eigenvalue weighted by atomic mass is 19.4. The van der Waals surface area contributed by atoms with Crippen LogP contribution in [0.15, 0.2) is 24.7 Å². The molecule has 22 heavy (non-hydrogen) atoms. The fourth-order valence-corrected chi connectivity index (χ4v) is 1.99. The summed E-state index contributed by atoms with van der Waals surface area (Å²) in [5.74, 6) is 0.398. The number of hydrogen-bond donors (Lipinski definition) is 0. The van der Waals surface area contributed by atoms with E-state index in [9.17, 15) is 13.2 Å². The first-order valence-electron chi connectivity index (χ1n) is 6.52. The van der Waals surface area contributed by atoms with E-state index in [4.69, 9.17) is 4.74 Å². The van der Waals surface area contributed by atoms with Gasteiger partial charge in [-0.25, -0.2) is 4.98 Å². The maximum absolute atomic E-state index is 13.0. The largest absolute Gasteiger partial charge is 0.419 e. The highest BCUT2D eigenvalue weighted by Crippen LogP contribution is 2.34. The van der Waals surface area contributed by atoms with Crippen molar-refractivity contribution >= 4 is 5.82 Å². The Labute approximate surface area is 125 Å². The van der Waals surface area contributed by atoms with Crippen LogP contribution in [0.1, 0.15) is 11.4 Å². The smallest absolute Gasteiger partial charge is 0.383 e. The van der Waals surface area contributed by atoms with Gasteiger partial charge in [0.1, 0.15) is 12.1 Å². The number of methoxy groups -OCH3 is 1. The van der Waals surface area contributed by atoms with Crippen molar-refractivity contribution in [1.29, 1.82) is 0 Å². The molecule has 120 valence electrons. The van der Waals surface area contributed by atoms with Gasteiger partial charge < -0.3 is 14.2 Å². The summed E-state index contributed by atoms with van der Waals surface area (Å²) in [4.78, 5) is 5.24. The molecular weight excluding hydrogens is 299 g/mol. The second-order valence-corrected chi connectivity index (χ2v) is 4.66. The Balaban J connectivity index is 2.20. The van der Waals surface area contributed by atoms with Gasteiger partial charge in [0.25, 0.3) is 0 Å². The lowest BCUT2D eigenvalue weighted by atomic mass is 10.2. The Hall–Kier alpha value is -2.16. The zero-order chi connectivity index (χ0) is 16.2. The van der Waals surface area contributed by atoms with Crippen molar-refractivity contribution in [2.45, 2.75) is 19.3 Å². The third kappa shape index (κ3) is 3.73. The minimum atomic E-state index is -4.46. The molecule has 0 aliphatic carbocycles. The number of ether oxygens (including phenoxy) is 1. The van der Waals surface area contributed by atoms with Gasteiger partial charge in [-0.2, -0.15) is 13.2 Å². The first kappa shape index (κ1) is 16.2. The SMILES string of the molecule is COCCn1cnnc1CN(C)c1ncccc1C(F)(F)F. The summed E-state index contributed by atoms with van der Waals surface area (Å²) in [7, 11) is 3.10. The van der Waals surface area contributed by atoms with E-state index in [1.807, 2.05) is 0 Å². The van der Waals surface area contributed by atoms with Crippen LogP contribution >= 0.6 is 0 Å². The summed E-state index contributed by atoms with van der Waals surface area (Å²) in [5.41, 5.74) is -0.777. The van der Waals surface area contributed by atoms with Gasteiger partial charge in [0.05, 0.1) is 18.7 Å². The second-order valence-electron chi connectivity index (χ2n) is 4.66. The zero-order valence-corrected chi connectivity index (χ0v) is 12.2. The van der Waals surface area contributed by atoms with Crippen LogP contribution in [0.2, 0.25) is 0 Å². The highest BCUT2D eigenvalue weighted by Gasteiger charge is 2.35. The van der Waals surface area contributed by atoms with E-state index in [2.05, 4.69) is 15.2 Å². The topological polar surface area (TPSA) is 56.1 Å². The van der Waals surface area contributed by atoms with Crippen LogP contribution in [0.5, 0.6) is 0 Å². The van der Waals surface area contributed by atoms with Gasteiger partial charge in [-0.1, -0.05) is 0 Å². The van der Waals surface area contributed by atoms with Gasteiger partial charge in [0.2, 0.25) is 0 Å². The molecule has 0 aliphatic heterocycles. The Morgan fingerprint density at radius 2 is 2.14 bits per heavy atom. The maximum Gasteiger partial charge on any atom is 0.419 e. The molecule has 9 heteroatoms. The number of rotatable bonds is 6. The number of hydrogen-bond acceptors (Lipinski definition) is 5.